The third-order valence-electron chi connectivity index (χ3n) is 3.93. The number of carbonyl (C=O) groups excluding carboxylic acids is 1. The molecule has 6 nitrogen and oxygen atoms in total. The number of ether oxygens (including phenoxy) is 1. The Morgan fingerprint density at radius 2 is 1.93 bits per heavy atom. The number of rotatable bonds is 9. The Morgan fingerprint density at radius 1 is 1.17 bits per heavy atom. The average Bonchev–Trinajstić information content (AvgIpc) is 3.27. The summed E-state index contributed by atoms with van der Waals surface area (Å²) in [7, 11) is -4.00. The Hall–Kier alpha value is -3.17. The second kappa shape index (κ2) is 9.55. The Balaban J connectivity index is 1.83. The van der Waals surface area contributed by atoms with Crippen LogP contribution in [0.15, 0.2) is 82.9 Å². The van der Waals surface area contributed by atoms with Gasteiger partial charge in [0.2, 0.25) is 5.91 Å². The number of hydrogen-bond acceptors (Lipinski definition) is 5. The van der Waals surface area contributed by atoms with E-state index < -0.39 is 28.3 Å². The van der Waals surface area contributed by atoms with Gasteiger partial charge in [-0.2, -0.15) is 0 Å². The average molecular weight is 447 g/mol. The molecule has 1 N–H and O–H groups in total. The van der Waals surface area contributed by atoms with Crippen molar-refractivity contribution < 1.29 is 22.3 Å². The van der Waals surface area contributed by atoms with Gasteiger partial charge in [0.1, 0.15) is 28.9 Å². The normalized spacial score (nSPS) is 11.0. The summed E-state index contributed by atoms with van der Waals surface area (Å²) in [6.45, 7) is 3.41. The fraction of sp³-hybridized carbons (Fsp3) is 0.0952. The SMILES string of the molecule is C=CCOc1cccc(NC(=O)CN(c2ccc(F)cc2)S(=O)(=O)c2cccs2)c1. The maximum absolute atomic E-state index is 13.3. The standard InChI is InChI=1S/C21H19FN2O4S2/c1-2-12-28-19-6-3-5-17(14-19)23-20(25)15-24(18-10-8-16(22)9-11-18)30(26,27)21-7-4-13-29-21/h2-11,13-14H,1,12,15H2,(H,23,25). The number of sulfonamides is 1. The minimum Gasteiger partial charge on any atom is -0.489 e. The fourth-order valence-corrected chi connectivity index (χ4v) is 5.12. The largest absolute Gasteiger partial charge is 0.489 e. The van der Waals surface area contributed by atoms with Crippen LogP contribution in [0.25, 0.3) is 0 Å². The summed E-state index contributed by atoms with van der Waals surface area (Å²) < 4.78 is 45.9. The quantitative estimate of drug-likeness (QED) is 0.498. The zero-order chi connectivity index (χ0) is 21.6. The van der Waals surface area contributed by atoms with Crippen LogP contribution in [0.2, 0.25) is 0 Å². The first kappa shape index (κ1) is 21.5. The molecule has 1 aromatic heterocycles. The number of anilines is 2. The lowest BCUT2D eigenvalue weighted by molar-refractivity contribution is -0.114. The molecule has 0 aliphatic rings. The zero-order valence-electron chi connectivity index (χ0n) is 15.8. The number of nitrogens with one attached hydrogen (secondary N) is 1. The van der Waals surface area contributed by atoms with Gasteiger partial charge in [-0.15, -0.1) is 11.3 Å². The number of carbonyl (C=O) groups is 1. The molecule has 9 heteroatoms. The third kappa shape index (κ3) is 5.25. The van der Waals surface area contributed by atoms with Gasteiger partial charge < -0.3 is 10.1 Å². The van der Waals surface area contributed by atoms with Gasteiger partial charge in [0, 0.05) is 11.8 Å². The minimum absolute atomic E-state index is 0.0828. The molecule has 0 saturated carbocycles. The molecule has 1 amide bonds. The van der Waals surface area contributed by atoms with Crippen molar-refractivity contribution in [3.8, 4) is 5.75 Å². The Labute approximate surface area is 178 Å². The lowest BCUT2D eigenvalue weighted by Gasteiger charge is -2.23. The molecule has 0 saturated heterocycles. The first-order valence-electron chi connectivity index (χ1n) is 8.85. The van der Waals surface area contributed by atoms with Gasteiger partial charge >= 0.3 is 0 Å². The molecule has 1 heterocycles. The monoisotopic (exact) mass is 446 g/mol. The summed E-state index contributed by atoms with van der Waals surface area (Å²) in [5.41, 5.74) is 0.636. The summed E-state index contributed by atoms with van der Waals surface area (Å²) in [6, 6.07) is 14.7. The topological polar surface area (TPSA) is 75.7 Å². The number of halogens is 1. The molecule has 0 fully saturated rings. The molecule has 0 spiro atoms. The van der Waals surface area contributed by atoms with Gasteiger partial charge in [-0.3, -0.25) is 9.10 Å². The minimum atomic E-state index is -4.00. The van der Waals surface area contributed by atoms with Crippen molar-refractivity contribution in [2.45, 2.75) is 4.21 Å². The molecule has 0 unspecified atom stereocenters. The highest BCUT2D eigenvalue weighted by molar-refractivity contribution is 7.94. The van der Waals surface area contributed by atoms with E-state index in [1.165, 1.54) is 18.2 Å². The molecule has 2 aromatic carbocycles. The molecule has 30 heavy (non-hydrogen) atoms. The van der Waals surface area contributed by atoms with Gasteiger partial charge in [0.15, 0.2) is 0 Å². The van der Waals surface area contributed by atoms with Crippen LogP contribution in [0.5, 0.6) is 5.75 Å². The zero-order valence-corrected chi connectivity index (χ0v) is 17.5. The van der Waals surface area contributed by atoms with E-state index in [2.05, 4.69) is 11.9 Å². The van der Waals surface area contributed by atoms with Gasteiger partial charge in [-0.05, 0) is 47.8 Å². The smallest absolute Gasteiger partial charge is 0.274 e. The highest BCUT2D eigenvalue weighted by Gasteiger charge is 2.28. The van der Waals surface area contributed by atoms with E-state index in [9.17, 15) is 17.6 Å². The van der Waals surface area contributed by atoms with E-state index in [0.29, 0.717) is 18.0 Å². The van der Waals surface area contributed by atoms with E-state index in [1.54, 1.807) is 41.8 Å². The highest BCUT2D eigenvalue weighted by atomic mass is 32.2. The number of amides is 1. The van der Waals surface area contributed by atoms with Crippen molar-refractivity contribution >= 4 is 38.6 Å². The van der Waals surface area contributed by atoms with Crippen molar-refractivity contribution in [3.63, 3.8) is 0 Å². The Kier molecular flexibility index (Phi) is 6.86. The maximum atomic E-state index is 13.3. The van der Waals surface area contributed by atoms with Crippen LogP contribution in [0.1, 0.15) is 0 Å². The number of hydrogen-bond donors (Lipinski definition) is 1. The Bertz CT molecular complexity index is 1110. The lowest BCUT2D eigenvalue weighted by atomic mass is 10.3. The van der Waals surface area contributed by atoms with Crippen LogP contribution in [0.4, 0.5) is 15.8 Å². The van der Waals surface area contributed by atoms with Crippen LogP contribution >= 0.6 is 11.3 Å². The molecular weight excluding hydrogens is 427 g/mol. The van der Waals surface area contributed by atoms with E-state index >= 15 is 0 Å². The van der Waals surface area contributed by atoms with Crippen LogP contribution in [-0.4, -0.2) is 27.5 Å². The molecule has 0 bridgehead atoms. The predicted octanol–water partition coefficient (Wildman–Crippen LogP) is 4.29. The van der Waals surface area contributed by atoms with Crippen LogP contribution in [0.3, 0.4) is 0 Å². The summed E-state index contributed by atoms with van der Waals surface area (Å²) in [4.78, 5) is 12.7. The second-order valence-electron chi connectivity index (χ2n) is 6.10. The molecule has 3 aromatic rings. The van der Waals surface area contributed by atoms with Crippen molar-refractivity contribution in [3.05, 3.63) is 84.5 Å². The molecule has 156 valence electrons. The summed E-state index contributed by atoms with van der Waals surface area (Å²) >= 11 is 1.04. The Morgan fingerprint density at radius 3 is 2.60 bits per heavy atom. The lowest BCUT2D eigenvalue weighted by Crippen LogP contribution is -2.37. The van der Waals surface area contributed by atoms with E-state index in [1.807, 2.05) is 0 Å². The van der Waals surface area contributed by atoms with Gasteiger partial charge in [-0.1, -0.05) is 24.8 Å². The maximum Gasteiger partial charge on any atom is 0.274 e. The number of nitrogens with zero attached hydrogens (tertiary/aromatic N) is 1. The first-order chi connectivity index (χ1) is 14.4. The molecule has 0 aliphatic heterocycles. The predicted molar refractivity (Wildman–Crippen MR) is 116 cm³/mol. The molecule has 0 radical (unpaired) electrons. The molecule has 0 atom stereocenters. The van der Waals surface area contributed by atoms with Gasteiger partial charge in [0.05, 0.1) is 5.69 Å². The van der Waals surface area contributed by atoms with Crippen molar-refractivity contribution in [1.29, 1.82) is 0 Å². The molecular formula is C21H19FN2O4S2. The second-order valence-corrected chi connectivity index (χ2v) is 9.13. The van der Waals surface area contributed by atoms with Crippen LogP contribution in [0, 0.1) is 5.82 Å². The van der Waals surface area contributed by atoms with Crippen LogP contribution in [-0.2, 0) is 14.8 Å². The van der Waals surface area contributed by atoms with E-state index in [4.69, 9.17) is 4.74 Å². The number of thiophene rings is 1. The van der Waals surface area contributed by atoms with Gasteiger partial charge in [0.25, 0.3) is 10.0 Å². The highest BCUT2D eigenvalue weighted by Crippen LogP contribution is 2.27. The van der Waals surface area contributed by atoms with E-state index in [-0.39, 0.29) is 9.90 Å². The summed E-state index contributed by atoms with van der Waals surface area (Å²) in [5, 5.41) is 4.30. The van der Waals surface area contributed by atoms with Crippen LogP contribution < -0.4 is 14.4 Å². The first-order valence-corrected chi connectivity index (χ1v) is 11.2. The van der Waals surface area contributed by atoms with Crippen molar-refractivity contribution in [1.82, 2.24) is 0 Å². The van der Waals surface area contributed by atoms with Crippen molar-refractivity contribution in [2.24, 2.45) is 0 Å². The summed E-state index contributed by atoms with van der Waals surface area (Å²) in [6.07, 6.45) is 1.60. The third-order valence-corrected chi connectivity index (χ3v) is 7.07. The molecule has 3 rings (SSSR count). The van der Waals surface area contributed by atoms with Crippen molar-refractivity contribution in [2.75, 3.05) is 22.8 Å². The fourth-order valence-electron chi connectivity index (χ4n) is 2.59. The van der Waals surface area contributed by atoms with Gasteiger partial charge in [-0.25, -0.2) is 12.8 Å². The summed E-state index contributed by atoms with van der Waals surface area (Å²) in [5.74, 6) is -0.525. The molecule has 0 aliphatic carbocycles. The number of benzene rings is 2. The van der Waals surface area contributed by atoms with E-state index in [0.717, 1.165) is 27.8 Å².